The van der Waals surface area contributed by atoms with Gasteiger partial charge in [-0.25, -0.2) is 0 Å². The van der Waals surface area contributed by atoms with Crippen LogP contribution in [0.4, 0.5) is 0 Å². The Morgan fingerprint density at radius 3 is 2.44 bits per heavy atom. The Hall–Kier alpha value is -1.59. The topological polar surface area (TPSA) is 62.4 Å². The molecule has 2 unspecified atom stereocenters. The lowest BCUT2D eigenvalue weighted by Crippen LogP contribution is -2.47. The summed E-state index contributed by atoms with van der Waals surface area (Å²) in [5.74, 6) is 0.601. The Kier molecular flexibility index (Phi) is 4.17. The zero-order valence-corrected chi connectivity index (χ0v) is 10.6. The molecule has 2 rings (SSSR count). The van der Waals surface area contributed by atoms with Crippen LogP contribution in [-0.4, -0.2) is 30.6 Å². The normalized spacial score (nSPS) is 26.9. The first kappa shape index (κ1) is 12.9. The van der Waals surface area contributed by atoms with Gasteiger partial charge < -0.3 is 10.1 Å². The fourth-order valence-electron chi connectivity index (χ4n) is 2.02. The van der Waals surface area contributed by atoms with Crippen molar-refractivity contribution in [1.29, 1.82) is 0 Å². The number of hydrogen-bond donors (Lipinski definition) is 3. The van der Waals surface area contributed by atoms with Crippen molar-refractivity contribution in [2.75, 3.05) is 6.61 Å². The maximum absolute atomic E-state index is 11.8. The standard InChI is InChI=1S/C13H19N3O2/c1-9-13(10(2)16-15-9)14-12(17)8-18-11-6-4-3-5-7-11/h3-7,9-10,13,15-16H,8H2,1-2H3,(H,14,17). The van der Waals surface area contributed by atoms with Crippen LogP contribution in [0, 0.1) is 0 Å². The van der Waals surface area contributed by atoms with Gasteiger partial charge in [0.1, 0.15) is 5.75 Å². The van der Waals surface area contributed by atoms with Crippen LogP contribution in [0.15, 0.2) is 30.3 Å². The highest BCUT2D eigenvalue weighted by Gasteiger charge is 2.30. The van der Waals surface area contributed by atoms with Crippen LogP contribution in [0.2, 0.25) is 0 Å². The van der Waals surface area contributed by atoms with Crippen molar-refractivity contribution in [1.82, 2.24) is 16.2 Å². The molecule has 0 aromatic heterocycles. The SMILES string of the molecule is CC1NNC(C)C1NC(=O)COc1ccccc1. The summed E-state index contributed by atoms with van der Waals surface area (Å²) in [5.41, 5.74) is 6.19. The molecule has 0 bridgehead atoms. The lowest BCUT2D eigenvalue weighted by atomic mass is 10.1. The second kappa shape index (κ2) is 5.84. The van der Waals surface area contributed by atoms with Crippen molar-refractivity contribution in [3.05, 3.63) is 30.3 Å². The third-order valence-corrected chi connectivity index (χ3v) is 3.06. The van der Waals surface area contributed by atoms with Crippen LogP contribution >= 0.6 is 0 Å². The lowest BCUT2D eigenvalue weighted by molar-refractivity contribution is -0.123. The molecule has 5 heteroatoms. The van der Waals surface area contributed by atoms with Crippen LogP contribution in [0.3, 0.4) is 0 Å². The molecular formula is C13H19N3O2. The van der Waals surface area contributed by atoms with E-state index >= 15 is 0 Å². The van der Waals surface area contributed by atoms with E-state index in [2.05, 4.69) is 16.2 Å². The Bertz CT molecular complexity index is 386. The van der Waals surface area contributed by atoms with Crippen molar-refractivity contribution >= 4 is 5.91 Å². The van der Waals surface area contributed by atoms with Gasteiger partial charge in [-0.2, -0.15) is 0 Å². The smallest absolute Gasteiger partial charge is 0.258 e. The number of carbonyl (C=O) groups is 1. The molecule has 98 valence electrons. The van der Waals surface area contributed by atoms with E-state index in [0.29, 0.717) is 5.75 Å². The number of hydrazine groups is 1. The number of ether oxygens (including phenoxy) is 1. The monoisotopic (exact) mass is 249 g/mol. The molecule has 0 spiro atoms. The Labute approximate surface area is 107 Å². The molecule has 1 aromatic carbocycles. The summed E-state index contributed by atoms with van der Waals surface area (Å²) in [4.78, 5) is 11.8. The summed E-state index contributed by atoms with van der Waals surface area (Å²) in [6.45, 7) is 4.10. The summed E-state index contributed by atoms with van der Waals surface area (Å²) in [5, 5.41) is 2.96. The Balaban J connectivity index is 1.79. The van der Waals surface area contributed by atoms with E-state index in [4.69, 9.17) is 4.74 Å². The average molecular weight is 249 g/mol. The number of benzene rings is 1. The highest BCUT2D eigenvalue weighted by molar-refractivity contribution is 5.78. The van der Waals surface area contributed by atoms with Crippen molar-refractivity contribution in [2.45, 2.75) is 32.0 Å². The minimum atomic E-state index is -0.104. The summed E-state index contributed by atoms with van der Waals surface area (Å²) in [6.07, 6.45) is 0. The molecule has 5 nitrogen and oxygen atoms in total. The summed E-state index contributed by atoms with van der Waals surface area (Å²) in [6, 6.07) is 9.82. The number of carbonyl (C=O) groups excluding carboxylic acids is 1. The van der Waals surface area contributed by atoms with Crippen LogP contribution in [0.5, 0.6) is 5.75 Å². The molecule has 0 radical (unpaired) electrons. The maximum Gasteiger partial charge on any atom is 0.258 e. The second-order valence-corrected chi connectivity index (χ2v) is 4.56. The van der Waals surface area contributed by atoms with Gasteiger partial charge in [0.2, 0.25) is 0 Å². The molecule has 2 atom stereocenters. The van der Waals surface area contributed by atoms with Crippen molar-refractivity contribution in [3.8, 4) is 5.75 Å². The number of nitrogens with one attached hydrogen (secondary N) is 3. The van der Waals surface area contributed by atoms with Crippen molar-refractivity contribution in [3.63, 3.8) is 0 Å². The molecule has 3 N–H and O–H groups in total. The molecule has 1 heterocycles. The van der Waals surface area contributed by atoms with E-state index in [-0.39, 0.29) is 30.6 Å². The third kappa shape index (κ3) is 3.21. The first-order valence-electron chi connectivity index (χ1n) is 6.15. The Morgan fingerprint density at radius 2 is 1.83 bits per heavy atom. The van der Waals surface area contributed by atoms with Gasteiger partial charge in [0, 0.05) is 12.1 Å². The minimum absolute atomic E-state index is 0.0416. The first-order chi connectivity index (χ1) is 8.66. The van der Waals surface area contributed by atoms with Gasteiger partial charge in [-0.05, 0) is 26.0 Å². The number of hydrogen-bond acceptors (Lipinski definition) is 4. The zero-order valence-electron chi connectivity index (χ0n) is 10.6. The number of rotatable bonds is 4. The first-order valence-corrected chi connectivity index (χ1v) is 6.15. The third-order valence-electron chi connectivity index (χ3n) is 3.06. The quantitative estimate of drug-likeness (QED) is 0.724. The molecule has 18 heavy (non-hydrogen) atoms. The van der Waals surface area contributed by atoms with Gasteiger partial charge in [-0.15, -0.1) is 0 Å². The number of para-hydroxylation sites is 1. The maximum atomic E-state index is 11.8. The van der Waals surface area contributed by atoms with E-state index in [9.17, 15) is 4.79 Å². The highest BCUT2D eigenvalue weighted by Crippen LogP contribution is 2.08. The fraction of sp³-hybridized carbons (Fsp3) is 0.462. The number of amides is 1. The lowest BCUT2D eigenvalue weighted by Gasteiger charge is -2.19. The van der Waals surface area contributed by atoms with E-state index in [1.54, 1.807) is 0 Å². The van der Waals surface area contributed by atoms with Gasteiger partial charge in [-0.3, -0.25) is 15.6 Å². The van der Waals surface area contributed by atoms with Crippen LogP contribution in [0.1, 0.15) is 13.8 Å². The molecule has 0 saturated carbocycles. The van der Waals surface area contributed by atoms with Crippen molar-refractivity contribution < 1.29 is 9.53 Å². The molecule has 1 amide bonds. The summed E-state index contributed by atoms with van der Waals surface area (Å²) >= 11 is 0. The second-order valence-electron chi connectivity index (χ2n) is 4.56. The minimum Gasteiger partial charge on any atom is -0.484 e. The largest absolute Gasteiger partial charge is 0.484 e. The van der Waals surface area contributed by atoms with E-state index in [1.807, 2.05) is 44.2 Å². The molecule has 1 fully saturated rings. The molecule has 1 aromatic rings. The summed E-state index contributed by atoms with van der Waals surface area (Å²) < 4.78 is 5.40. The average Bonchev–Trinajstić information content (AvgIpc) is 2.69. The van der Waals surface area contributed by atoms with Gasteiger partial charge in [0.15, 0.2) is 6.61 Å². The fourth-order valence-corrected chi connectivity index (χ4v) is 2.02. The zero-order chi connectivity index (χ0) is 13.0. The van der Waals surface area contributed by atoms with Crippen molar-refractivity contribution in [2.24, 2.45) is 0 Å². The molecule has 1 aliphatic rings. The van der Waals surface area contributed by atoms with E-state index < -0.39 is 0 Å². The molecule has 1 saturated heterocycles. The predicted molar refractivity (Wildman–Crippen MR) is 69.1 cm³/mol. The molecule has 1 aliphatic heterocycles. The van der Waals surface area contributed by atoms with E-state index in [1.165, 1.54) is 0 Å². The van der Waals surface area contributed by atoms with Crippen LogP contribution in [0.25, 0.3) is 0 Å². The van der Waals surface area contributed by atoms with Gasteiger partial charge in [-0.1, -0.05) is 18.2 Å². The van der Waals surface area contributed by atoms with Crippen LogP contribution < -0.4 is 20.9 Å². The Morgan fingerprint density at radius 1 is 1.22 bits per heavy atom. The highest BCUT2D eigenvalue weighted by atomic mass is 16.5. The van der Waals surface area contributed by atoms with E-state index in [0.717, 1.165) is 0 Å². The van der Waals surface area contributed by atoms with Gasteiger partial charge in [0.25, 0.3) is 5.91 Å². The van der Waals surface area contributed by atoms with Gasteiger partial charge in [0.05, 0.1) is 6.04 Å². The molecular weight excluding hydrogens is 230 g/mol. The van der Waals surface area contributed by atoms with Gasteiger partial charge >= 0.3 is 0 Å². The van der Waals surface area contributed by atoms with Crippen LogP contribution in [-0.2, 0) is 4.79 Å². The predicted octanol–water partition coefficient (Wildman–Crippen LogP) is 0.435. The summed E-state index contributed by atoms with van der Waals surface area (Å²) in [7, 11) is 0. The molecule has 0 aliphatic carbocycles.